The number of nitrogens with zero attached hydrogens (tertiary/aromatic N) is 4. The molecule has 3 fully saturated rings. The largest absolute Gasteiger partial charge is 0.371 e. The van der Waals surface area contributed by atoms with Crippen LogP contribution in [-0.2, 0) is 4.74 Å². The second kappa shape index (κ2) is 6.16. The molecule has 0 aromatic carbocycles. The molecule has 7 heteroatoms. The predicted molar refractivity (Wildman–Crippen MR) is 87.9 cm³/mol. The SMILES string of the molecule is CC(C)c1nc(NC2CC2)nc(N2CC3CCC(C2)O3)n1.Cl. The van der Waals surface area contributed by atoms with E-state index in [1.54, 1.807) is 0 Å². The highest BCUT2D eigenvalue weighted by atomic mass is 35.5. The van der Waals surface area contributed by atoms with E-state index in [4.69, 9.17) is 4.74 Å². The van der Waals surface area contributed by atoms with Gasteiger partial charge in [0.2, 0.25) is 11.9 Å². The summed E-state index contributed by atoms with van der Waals surface area (Å²) in [5.41, 5.74) is 0. The third-order valence-corrected chi connectivity index (χ3v) is 4.39. The zero-order valence-electron chi connectivity index (χ0n) is 13.2. The first-order chi connectivity index (χ1) is 10.2. The molecule has 122 valence electrons. The minimum Gasteiger partial charge on any atom is -0.371 e. The maximum atomic E-state index is 5.90. The Bertz CT molecular complexity index is 525. The molecule has 2 saturated heterocycles. The number of anilines is 2. The van der Waals surface area contributed by atoms with Gasteiger partial charge in [0, 0.05) is 25.0 Å². The molecule has 1 saturated carbocycles. The predicted octanol–water partition coefficient (Wildman–Crippen LogP) is 2.36. The molecular weight excluding hydrogens is 302 g/mol. The molecule has 2 bridgehead atoms. The van der Waals surface area contributed by atoms with Gasteiger partial charge in [-0.25, -0.2) is 0 Å². The Kier molecular flexibility index (Phi) is 4.41. The van der Waals surface area contributed by atoms with E-state index >= 15 is 0 Å². The van der Waals surface area contributed by atoms with Crippen molar-refractivity contribution in [3.63, 3.8) is 0 Å². The van der Waals surface area contributed by atoms with E-state index in [1.165, 1.54) is 12.8 Å². The Morgan fingerprint density at radius 2 is 1.73 bits per heavy atom. The molecule has 1 N–H and O–H groups in total. The number of morpholine rings is 1. The monoisotopic (exact) mass is 325 g/mol. The van der Waals surface area contributed by atoms with E-state index in [1.807, 2.05) is 0 Å². The molecule has 22 heavy (non-hydrogen) atoms. The van der Waals surface area contributed by atoms with E-state index in [9.17, 15) is 0 Å². The quantitative estimate of drug-likeness (QED) is 0.917. The lowest BCUT2D eigenvalue weighted by Gasteiger charge is -2.32. The third kappa shape index (κ3) is 3.27. The van der Waals surface area contributed by atoms with Crippen LogP contribution in [0.15, 0.2) is 0 Å². The number of ether oxygens (including phenoxy) is 1. The van der Waals surface area contributed by atoms with E-state index < -0.39 is 0 Å². The molecule has 0 amide bonds. The molecule has 4 rings (SSSR count). The van der Waals surface area contributed by atoms with Crippen molar-refractivity contribution in [2.75, 3.05) is 23.3 Å². The number of nitrogens with one attached hydrogen (secondary N) is 1. The summed E-state index contributed by atoms with van der Waals surface area (Å²) >= 11 is 0. The van der Waals surface area contributed by atoms with Crippen molar-refractivity contribution < 1.29 is 4.74 Å². The molecule has 1 aromatic rings. The lowest BCUT2D eigenvalue weighted by Crippen LogP contribution is -2.43. The lowest BCUT2D eigenvalue weighted by molar-refractivity contribution is 0.0299. The summed E-state index contributed by atoms with van der Waals surface area (Å²) in [5, 5.41) is 3.41. The smallest absolute Gasteiger partial charge is 0.230 e. The van der Waals surface area contributed by atoms with Crippen LogP contribution in [0.5, 0.6) is 0 Å². The first kappa shape index (κ1) is 15.7. The van der Waals surface area contributed by atoms with Gasteiger partial charge in [-0.2, -0.15) is 15.0 Å². The lowest BCUT2D eigenvalue weighted by atomic mass is 10.2. The highest BCUT2D eigenvalue weighted by Crippen LogP contribution is 2.29. The maximum Gasteiger partial charge on any atom is 0.230 e. The first-order valence-corrected chi connectivity index (χ1v) is 8.10. The molecule has 0 spiro atoms. The van der Waals surface area contributed by atoms with Crippen LogP contribution in [0.1, 0.15) is 51.3 Å². The fourth-order valence-electron chi connectivity index (χ4n) is 3.03. The fourth-order valence-corrected chi connectivity index (χ4v) is 3.03. The minimum absolute atomic E-state index is 0. The Morgan fingerprint density at radius 3 is 2.32 bits per heavy atom. The van der Waals surface area contributed by atoms with Crippen molar-refractivity contribution >= 4 is 24.3 Å². The standard InChI is InChI=1S/C15H23N5O.ClH/c1-9(2)13-17-14(16-10-3-4-10)19-15(18-13)20-7-11-5-6-12(8-20)21-11;/h9-12H,3-8H2,1-2H3,(H,16,17,18,19);1H. The molecule has 1 aromatic heterocycles. The molecule has 0 radical (unpaired) electrons. The van der Waals surface area contributed by atoms with Gasteiger partial charge in [0.25, 0.3) is 0 Å². The second-order valence-electron chi connectivity index (χ2n) is 6.75. The number of aromatic nitrogens is 3. The third-order valence-electron chi connectivity index (χ3n) is 4.39. The summed E-state index contributed by atoms with van der Waals surface area (Å²) in [5.74, 6) is 2.74. The van der Waals surface area contributed by atoms with Gasteiger partial charge in [-0.3, -0.25) is 0 Å². The molecule has 2 atom stereocenters. The maximum absolute atomic E-state index is 5.90. The average molecular weight is 326 g/mol. The van der Waals surface area contributed by atoms with Gasteiger partial charge in [0.1, 0.15) is 5.82 Å². The summed E-state index contributed by atoms with van der Waals surface area (Å²) in [6, 6.07) is 0.557. The van der Waals surface area contributed by atoms with Crippen LogP contribution in [0, 0.1) is 0 Å². The van der Waals surface area contributed by atoms with Crippen molar-refractivity contribution in [1.29, 1.82) is 0 Å². The summed E-state index contributed by atoms with van der Waals surface area (Å²) in [6.07, 6.45) is 5.47. The Labute approximate surface area is 137 Å². The van der Waals surface area contributed by atoms with Crippen LogP contribution in [0.2, 0.25) is 0 Å². The molecule has 2 unspecified atom stereocenters. The normalized spacial score (nSPS) is 27.0. The van der Waals surface area contributed by atoms with Crippen molar-refractivity contribution in [3.05, 3.63) is 5.82 Å². The van der Waals surface area contributed by atoms with Gasteiger partial charge in [-0.1, -0.05) is 13.8 Å². The van der Waals surface area contributed by atoms with Crippen molar-refractivity contribution in [2.24, 2.45) is 0 Å². The Hall–Kier alpha value is -1.14. The summed E-state index contributed by atoms with van der Waals surface area (Å²) in [6.45, 7) is 6.06. The van der Waals surface area contributed by atoms with Crippen molar-refractivity contribution in [1.82, 2.24) is 15.0 Å². The van der Waals surface area contributed by atoms with Gasteiger partial charge in [-0.05, 0) is 25.7 Å². The van der Waals surface area contributed by atoms with E-state index in [-0.39, 0.29) is 12.4 Å². The van der Waals surface area contributed by atoms with Gasteiger partial charge in [0.15, 0.2) is 0 Å². The highest BCUT2D eigenvalue weighted by Gasteiger charge is 2.35. The summed E-state index contributed by atoms with van der Waals surface area (Å²) in [7, 11) is 0. The average Bonchev–Trinajstić information content (AvgIpc) is 3.22. The molecule has 3 heterocycles. The molecule has 1 aliphatic carbocycles. The van der Waals surface area contributed by atoms with Gasteiger partial charge in [0.05, 0.1) is 12.2 Å². The molecule has 6 nitrogen and oxygen atoms in total. The van der Waals surface area contributed by atoms with E-state index in [0.717, 1.165) is 43.7 Å². The van der Waals surface area contributed by atoms with Gasteiger partial charge < -0.3 is 15.0 Å². The van der Waals surface area contributed by atoms with Crippen LogP contribution in [0.25, 0.3) is 0 Å². The van der Waals surface area contributed by atoms with Crippen molar-refractivity contribution in [2.45, 2.75) is 63.7 Å². The zero-order chi connectivity index (χ0) is 14.4. The highest BCUT2D eigenvalue weighted by molar-refractivity contribution is 5.85. The number of hydrogen-bond donors (Lipinski definition) is 1. The molecular formula is C15H24ClN5O. The van der Waals surface area contributed by atoms with Gasteiger partial charge >= 0.3 is 0 Å². The van der Waals surface area contributed by atoms with Gasteiger partial charge in [-0.15, -0.1) is 12.4 Å². The summed E-state index contributed by atoms with van der Waals surface area (Å²) in [4.78, 5) is 16.2. The first-order valence-electron chi connectivity index (χ1n) is 8.10. The van der Waals surface area contributed by atoms with Crippen LogP contribution < -0.4 is 10.2 Å². The Balaban J connectivity index is 0.00000144. The van der Waals surface area contributed by atoms with E-state index in [0.29, 0.717) is 24.2 Å². The summed E-state index contributed by atoms with van der Waals surface area (Å²) < 4.78 is 5.90. The number of fused-ring (bicyclic) bond motifs is 2. The number of halogens is 1. The number of rotatable bonds is 4. The van der Waals surface area contributed by atoms with Crippen LogP contribution >= 0.6 is 12.4 Å². The zero-order valence-corrected chi connectivity index (χ0v) is 14.0. The minimum atomic E-state index is 0. The topological polar surface area (TPSA) is 63.2 Å². The van der Waals surface area contributed by atoms with Crippen LogP contribution in [-0.4, -0.2) is 46.3 Å². The Morgan fingerprint density at radius 1 is 1.05 bits per heavy atom. The molecule has 2 aliphatic heterocycles. The fraction of sp³-hybridized carbons (Fsp3) is 0.800. The van der Waals surface area contributed by atoms with Crippen molar-refractivity contribution in [3.8, 4) is 0 Å². The second-order valence-corrected chi connectivity index (χ2v) is 6.75. The van der Waals surface area contributed by atoms with Crippen LogP contribution in [0.4, 0.5) is 11.9 Å². The number of hydrogen-bond acceptors (Lipinski definition) is 6. The van der Waals surface area contributed by atoms with E-state index in [2.05, 4.69) is 39.0 Å². The van der Waals surface area contributed by atoms with Crippen LogP contribution in [0.3, 0.4) is 0 Å². The molecule has 3 aliphatic rings.